The molecule has 1 saturated heterocycles. The highest BCUT2D eigenvalue weighted by molar-refractivity contribution is 5.79. The first-order valence-corrected chi connectivity index (χ1v) is 6.77. The van der Waals surface area contributed by atoms with Crippen LogP contribution >= 0.6 is 0 Å². The molecule has 0 amide bonds. The lowest BCUT2D eigenvalue weighted by Crippen LogP contribution is -2.49. The van der Waals surface area contributed by atoms with E-state index in [1.54, 1.807) is 0 Å². The van der Waals surface area contributed by atoms with E-state index in [4.69, 9.17) is 0 Å². The highest BCUT2D eigenvalue weighted by Crippen LogP contribution is 2.13. The molecule has 0 radical (unpaired) electrons. The van der Waals surface area contributed by atoms with Crippen molar-refractivity contribution in [3.8, 4) is 0 Å². The Balaban J connectivity index is 2.41. The molecule has 0 aromatic heterocycles. The SMILES string of the molecule is CCN=C(NC1CCN(C(C)C)CC1)N(C)C. The Labute approximate surface area is 106 Å². The van der Waals surface area contributed by atoms with Crippen molar-refractivity contribution in [1.29, 1.82) is 0 Å². The fourth-order valence-corrected chi connectivity index (χ4v) is 2.21. The van der Waals surface area contributed by atoms with Gasteiger partial charge in [-0.25, -0.2) is 0 Å². The number of hydrogen-bond donors (Lipinski definition) is 1. The normalized spacial score (nSPS) is 19.8. The number of likely N-dealkylation sites (tertiary alicyclic amines) is 1. The van der Waals surface area contributed by atoms with E-state index in [0.717, 1.165) is 12.5 Å². The van der Waals surface area contributed by atoms with Gasteiger partial charge in [-0.05, 0) is 33.6 Å². The van der Waals surface area contributed by atoms with E-state index in [1.807, 2.05) is 14.1 Å². The predicted octanol–water partition coefficient (Wildman–Crippen LogP) is 1.39. The smallest absolute Gasteiger partial charge is 0.193 e. The van der Waals surface area contributed by atoms with Gasteiger partial charge in [-0.2, -0.15) is 0 Å². The van der Waals surface area contributed by atoms with E-state index in [0.29, 0.717) is 12.1 Å². The number of nitrogens with zero attached hydrogens (tertiary/aromatic N) is 3. The summed E-state index contributed by atoms with van der Waals surface area (Å²) in [5, 5.41) is 3.57. The summed E-state index contributed by atoms with van der Waals surface area (Å²) in [6.07, 6.45) is 2.43. The summed E-state index contributed by atoms with van der Waals surface area (Å²) >= 11 is 0. The maximum absolute atomic E-state index is 4.49. The first-order valence-electron chi connectivity index (χ1n) is 6.77. The summed E-state index contributed by atoms with van der Waals surface area (Å²) < 4.78 is 0. The molecule has 1 aliphatic heterocycles. The molecule has 4 heteroatoms. The second kappa shape index (κ2) is 6.84. The molecule has 1 aliphatic rings. The van der Waals surface area contributed by atoms with Crippen LogP contribution in [0.5, 0.6) is 0 Å². The molecule has 0 aromatic rings. The van der Waals surface area contributed by atoms with Gasteiger partial charge in [0.2, 0.25) is 0 Å². The van der Waals surface area contributed by atoms with Crippen molar-refractivity contribution in [3.63, 3.8) is 0 Å². The van der Waals surface area contributed by atoms with Crippen molar-refractivity contribution in [2.75, 3.05) is 33.7 Å². The van der Waals surface area contributed by atoms with Crippen molar-refractivity contribution < 1.29 is 0 Å². The molecular formula is C13H28N4. The lowest BCUT2D eigenvalue weighted by atomic mass is 10.0. The van der Waals surface area contributed by atoms with Gasteiger partial charge in [-0.3, -0.25) is 4.99 Å². The summed E-state index contributed by atoms with van der Waals surface area (Å²) in [5.41, 5.74) is 0. The zero-order valence-corrected chi connectivity index (χ0v) is 12.0. The Morgan fingerprint density at radius 3 is 2.35 bits per heavy atom. The van der Waals surface area contributed by atoms with Crippen LogP contribution in [0.25, 0.3) is 0 Å². The number of piperidine rings is 1. The van der Waals surface area contributed by atoms with Crippen LogP contribution in [0.1, 0.15) is 33.6 Å². The molecule has 0 saturated carbocycles. The molecular weight excluding hydrogens is 212 g/mol. The quantitative estimate of drug-likeness (QED) is 0.597. The van der Waals surface area contributed by atoms with Gasteiger partial charge < -0.3 is 15.1 Å². The lowest BCUT2D eigenvalue weighted by molar-refractivity contribution is 0.166. The Hall–Kier alpha value is -0.770. The number of aliphatic imine (C=N–C) groups is 1. The van der Waals surface area contributed by atoms with Gasteiger partial charge in [-0.15, -0.1) is 0 Å². The van der Waals surface area contributed by atoms with Crippen LogP contribution in [0.15, 0.2) is 4.99 Å². The Morgan fingerprint density at radius 2 is 1.94 bits per heavy atom. The van der Waals surface area contributed by atoms with Gasteiger partial charge in [0, 0.05) is 45.8 Å². The van der Waals surface area contributed by atoms with Crippen molar-refractivity contribution in [3.05, 3.63) is 0 Å². The van der Waals surface area contributed by atoms with E-state index in [9.17, 15) is 0 Å². The molecule has 1 rings (SSSR count). The minimum atomic E-state index is 0.581. The van der Waals surface area contributed by atoms with Crippen molar-refractivity contribution in [1.82, 2.24) is 15.1 Å². The van der Waals surface area contributed by atoms with Crippen molar-refractivity contribution in [2.45, 2.75) is 45.7 Å². The van der Waals surface area contributed by atoms with Crippen molar-refractivity contribution >= 4 is 5.96 Å². The molecule has 0 spiro atoms. The van der Waals surface area contributed by atoms with Crippen LogP contribution in [0.4, 0.5) is 0 Å². The van der Waals surface area contributed by atoms with Crippen LogP contribution in [-0.4, -0.2) is 61.6 Å². The van der Waals surface area contributed by atoms with Crippen LogP contribution in [0.3, 0.4) is 0 Å². The molecule has 4 nitrogen and oxygen atoms in total. The molecule has 1 fully saturated rings. The fraction of sp³-hybridized carbons (Fsp3) is 0.923. The van der Waals surface area contributed by atoms with Crippen molar-refractivity contribution in [2.24, 2.45) is 4.99 Å². The number of hydrogen-bond acceptors (Lipinski definition) is 2. The molecule has 0 atom stereocenters. The summed E-state index contributed by atoms with van der Waals surface area (Å²) in [6.45, 7) is 9.86. The zero-order valence-electron chi connectivity index (χ0n) is 12.0. The summed E-state index contributed by atoms with van der Waals surface area (Å²) in [7, 11) is 4.09. The largest absolute Gasteiger partial charge is 0.353 e. The molecule has 0 unspecified atom stereocenters. The highest BCUT2D eigenvalue weighted by Gasteiger charge is 2.21. The van der Waals surface area contributed by atoms with Gasteiger partial charge in [-0.1, -0.05) is 0 Å². The van der Waals surface area contributed by atoms with E-state index in [-0.39, 0.29) is 0 Å². The van der Waals surface area contributed by atoms with E-state index < -0.39 is 0 Å². The van der Waals surface area contributed by atoms with Gasteiger partial charge in [0.05, 0.1) is 0 Å². The van der Waals surface area contributed by atoms with Crippen LogP contribution < -0.4 is 5.32 Å². The van der Waals surface area contributed by atoms with E-state index >= 15 is 0 Å². The zero-order chi connectivity index (χ0) is 12.8. The first kappa shape index (κ1) is 14.3. The number of guanidine groups is 1. The maximum Gasteiger partial charge on any atom is 0.193 e. The predicted molar refractivity (Wildman–Crippen MR) is 74.5 cm³/mol. The van der Waals surface area contributed by atoms with E-state index in [2.05, 4.69) is 40.9 Å². The molecule has 0 bridgehead atoms. The third kappa shape index (κ3) is 4.54. The number of rotatable bonds is 3. The minimum Gasteiger partial charge on any atom is -0.353 e. The van der Waals surface area contributed by atoms with Gasteiger partial charge in [0.1, 0.15) is 0 Å². The fourth-order valence-electron chi connectivity index (χ4n) is 2.21. The minimum absolute atomic E-state index is 0.581. The molecule has 1 heterocycles. The third-order valence-corrected chi connectivity index (χ3v) is 3.32. The summed E-state index contributed by atoms with van der Waals surface area (Å²) in [5.74, 6) is 1.02. The Bertz CT molecular complexity index is 240. The Morgan fingerprint density at radius 1 is 1.35 bits per heavy atom. The maximum atomic E-state index is 4.49. The van der Waals surface area contributed by atoms with Gasteiger partial charge in [0.25, 0.3) is 0 Å². The topological polar surface area (TPSA) is 30.9 Å². The molecule has 100 valence electrons. The Kier molecular flexibility index (Phi) is 5.75. The molecule has 17 heavy (non-hydrogen) atoms. The molecule has 0 aromatic carbocycles. The first-order chi connectivity index (χ1) is 8.04. The van der Waals surface area contributed by atoms with Gasteiger partial charge in [0.15, 0.2) is 5.96 Å². The van der Waals surface area contributed by atoms with Gasteiger partial charge >= 0.3 is 0 Å². The van der Waals surface area contributed by atoms with E-state index in [1.165, 1.54) is 25.9 Å². The van der Waals surface area contributed by atoms with Crippen LogP contribution in [-0.2, 0) is 0 Å². The lowest BCUT2D eigenvalue weighted by Gasteiger charge is -2.36. The monoisotopic (exact) mass is 240 g/mol. The average Bonchev–Trinajstić information content (AvgIpc) is 2.29. The average molecular weight is 240 g/mol. The van der Waals surface area contributed by atoms with Crippen LogP contribution in [0.2, 0.25) is 0 Å². The summed E-state index contributed by atoms with van der Waals surface area (Å²) in [6, 6.07) is 1.26. The molecule has 0 aliphatic carbocycles. The second-order valence-corrected chi connectivity index (χ2v) is 5.24. The third-order valence-electron chi connectivity index (χ3n) is 3.32. The molecule has 1 N–H and O–H groups in total. The summed E-state index contributed by atoms with van der Waals surface area (Å²) in [4.78, 5) is 9.10. The second-order valence-electron chi connectivity index (χ2n) is 5.24. The standard InChI is InChI=1S/C13H28N4/c1-6-14-13(16(4)5)15-12-7-9-17(10-8-12)11(2)3/h11-12H,6-10H2,1-5H3,(H,14,15). The number of nitrogens with one attached hydrogen (secondary N) is 1. The van der Waals surface area contributed by atoms with Crippen LogP contribution in [0, 0.1) is 0 Å². The highest BCUT2D eigenvalue weighted by atomic mass is 15.3.